The lowest BCUT2D eigenvalue weighted by Crippen LogP contribution is -2.00. The Labute approximate surface area is 146 Å². The lowest BCUT2D eigenvalue weighted by atomic mass is 9.99. The van der Waals surface area contributed by atoms with Gasteiger partial charge >= 0.3 is 0 Å². The Morgan fingerprint density at radius 2 is 1.92 bits per heavy atom. The third kappa shape index (κ3) is 3.59. The zero-order valence-electron chi connectivity index (χ0n) is 13.9. The van der Waals surface area contributed by atoms with Crippen molar-refractivity contribution in [2.24, 2.45) is 0 Å². The minimum absolute atomic E-state index is 0.201. The molecule has 0 aliphatic carbocycles. The summed E-state index contributed by atoms with van der Waals surface area (Å²) in [6.07, 6.45) is 2.65. The lowest BCUT2D eigenvalue weighted by molar-refractivity contribution is 0.317. The highest BCUT2D eigenvalue weighted by Crippen LogP contribution is 2.31. The summed E-state index contributed by atoms with van der Waals surface area (Å²) in [7, 11) is 0. The fourth-order valence-electron chi connectivity index (χ4n) is 2.51. The van der Waals surface area contributed by atoms with E-state index < -0.39 is 0 Å². The number of benzene rings is 1. The average molecular weight is 330 g/mol. The van der Waals surface area contributed by atoms with Crippen LogP contribution in [0.15, 0.2) is 54.7 Å². The van der Waals surface area contributed by atoms with E-state index in [1.54, 1.807) is 6.20 Å². The monoisotopic (exact) mass is 330 g/mol. The van der Waals surface area contributed by atoms with Crippen LogP contribution in [0.3, 0.4) is 0 Å². The quantitative estimate of drug-likeness (QED) is 0.762. The topological polar surface area (TPSA) is 84.8 Å². The number of anilines is 1. The molecule has 0 unspecified atom stereocenters. The second-order valence-corrected chi connectivity index (χ2v) is 5.51. The van der Waals surface area contributed by atoms with Gasteiger partial charge in [0.2, 0.25) is 0 Å². The van der Waals surface area contributed by atoms with E-state index in [4.69, 9.17) is 10.5 Å². The molecule has 3 rings (SSSR count). The molecule has 2 aromatic heterocycles. The van der Waals surface area contributed by atoms with Crippen LogP contribution < -0.4 is 10.5 Å². The van der Waals surface area contributed by atoms with Gasteiger partial charge in [-0.2, -0.15) is 5.26 Å². The fraction of sp³-hybridized carbons (Fsp3) is 0.150. The number of ether oxygens (including phenoxy) is 1. The largest absolute Gasteiger partial charge is 0.494 e. The summed E-state index contributed by atoms with van der Waals surface area (Å²) in [6, 6.07) is 17.2. The van der Waals surface area contributed by atoms with Crippen LogP contribution in [0.2, 0.25) is 0 Å². The van der Waals surface area contributed by atoms with Crippen molar-refractivity contribution >= 4 is 5.82 Å². The normalized spacial score (nSPS) is 10.2. The molecule has 3 aromatic rings. The van der Waals surface area contributed by atoms with Crippen LogP contribution >= 0.6 is 0 Å². The van der Waals surface area contributed by atoms with Crippen LogP contribution in [0.1, 0.15) is 18.9 Å². The number of nitrogens with zero attached hydrogens (tertiary/aromatic N) is 3. The molecular weight excluding hydrogens is 312 g/mol. The molecule has 0 saturated heterocycles. The third-order valence-electron chi connectivity index (χ3n) is 3.72. The molecule has 0 radical (unpaired) electrons. The highest BCUT2D eigenvalue weighted by Gasteiger charge is 2.14. The minimum Gasteiger partial charge on any atom is -0.494 e. The van der Waals surface area contributed by atoms with Crippen molar-refractivity contribution in [1.29, 1.82) is 5.26 Å². The van der Waals surface area contributed by atoms with E-state index >= 15 is 0 Å². The summed E-state index contributed by atoms with van der Waals surface area (Å²) < 4.78 is 5.61. The van der Waals surface area contributed by atoms with E-state index in [1.165, 1.54) is 0 Å². The van der Waals surface area contributed by atoms with Gasteiger partial charge in [0.05, 0.1) is 18.0 Å². The van der Waals surface area contributed by atoms with E-state index in [-0.39, 0.29) is 5.82 Å². The van der Waals surface area contributed by atoms with E-state index in [0.29, 0.717) is 23.6 Å². The maximum atomic E-state index is 9.48. The van der Waals surface area contributed by atoms with Crippen LogP contribution in [0.25, 0.3) is 22.5 Å². The standard InChI is InChI=1S/C20H18N4O/c1-2-11-25-15-8-6-14(7-9-15)16-12-19(18-5-3-4-10-23-18)24-20(22)17(16)13-21/h3-10,12H,2,11H2,1H3,(H2,22,24). The number of hydrogen-bond donors (Lipinski definition) is 1. The Kier molecular flexibility index (Phi) is 4.91. The fourth-order valence-corrected chi connectivity index (χ4v) is 2.51. The molecule has 124 valence electrons. The highest BCUT2D eigenvalue weighted by molar-refractivity contribution is 5.79. The Balaban J connectivity index is 2.05. The number of nitriles is 1. The molecular formula is C20H18N4O. The smallest absolute Gasteiger partial charge is 0.142 e. The Morgan fingerprint density at radius 3 is 2.56 bits per heavy atom. The van der Waals surface area contributed by atoms with Crippen molar-refractivity contribution in [3.05, 3.63) is 60.3 Å². The first kappa shape index (κ1) is 16.5. The van der Waals surface area contributed by atoms with Crippen LogP contribution in [0.4, 0.5) is 5.82 Å². The van der Waals surface area contributed by atoms with Gasteiger partial charge in [0.15, 0.2) is 0 Å². The van der Waals surface area contributed by atoms with Gasteiger partial charge in [-0.15, -0.1) is 0 Å². The number of aromatic nitrogens is 2. The molecule has 1 aromatic carbocycles. The molecule has 0 amide bonds. The second kappa shape index (κ2) is 7.45. The van der Waals surface area contributed by atoms with Crippen molar-refractivity contribution in [2.45, 2.75) is 13.3 Å². The number of nitrogens with two attached hydrogens (primary N) is 1. The van der Waals surface area contributed by atoms with E-state index in [0.717, 1.165) is 23.3 Å². The average Bonchev–Trinajstić information content (AvgIpc) is 2.67. The Bertz CT molecular complexity index is 899. The Hall–Kier alpha value is -3.39. The summed E-state index contributed by atoms with van der Waals surface area (Å²) in [6.45, 7) is 2.74. The van der Waals surface area contributed by atoms with Gasteiger partial charge in [-0.3, -0.25) is 4.98 Å². The van der Waals surface area contributed by atoms with Gasteiger partial charge in [-0.25, -0.2) is 4.98 Å². The number of hydrogen-bond acceptors (Lipinski definition) is 5. The SMILES string of the molecule is CCCOc1ccc(-c2cc(-c3ccccn3)nc(N)c2C#N)cc1. The van der Waals surface area contributed by atoms with Crippen molar-refractivity contribution in [3.8, 4) is 34.3 Å². The number of rotatable bonds is 5. The van der Waals surface area contributed by atoms with Crippen LogP contribution in [0.5, 0.6) is 5.75 Å². The third-order valence-corrected chi connectivity index (χ3v) is 3.72. The highest BCUT2D eigenvalue weighted by atomic mass is 16.5. The van der Waals surface area contributed by atoms with Crippen molar-refractivity contribution in [1.82, 2.24) is 9.97 Å². The van der Waals surface area contributed by atoms with E-state index in [2.05, 4.69) is 23.0 Å². The summed E-state index contributed by atoms with van der Waals surface area (Å²) >= 11 is 0. The summed E-state index contributed by atoms with van der Waals surface area (Å²) in [5, 5.41) is 9.48. The first-order chi connectivity index (χ1) is 12.2. The maximum Gasteiger partial charge on any atom is 0.142 e. The number of nitrogen functional groups attached to an aromatic ring is 1. The maximum absolute atomic E-state index is 9.48. The molecule has 0 saturated carbocycles. The lowest BCUT2D eigenvalue weighted by Gasteiger charge is -2.11. The van der Waals surface area contributed by atoms with Gasteiger partial charge in [0.25, 0.3) is 0 Å². The molecule has 5 heteroatoms. The zero-order valence-corrected chi connectivity index (χ0v) is 13.9. The molecule has 2 heterocycles. The Morgan fingerprint density at radius 1 is 1.12 bits per heavy atom. The molecule has 25 heavy (non-hydrogen) atoms. The van der Waals surface area contributed by atoms with E-state index in [9.17, 15) is 5.26 Å². The molecule has 0 aliphatic heterocycles. The molecule has 0 fully saturated rings. The molecule has 2 N–H and O–H groups in total. The molecule has 0 bridgehead atoms. The van der Waals surface area contributed by atoms with Crippen molar-refractivity contribution < 1.29 is 4.74 Å². The predicted octanol–water partition coefficient (Wildman–Crippen LogP) is 4.05. The molecule has 0 spiro atoms. The van der Waals surface area contributed by atoms with Crippen molar-refractivity contribution in [3.63, 3.8) is 0 Å². The summed E-state index contributed by atoms with van der Waals surface area (Å²) in [5.74, 6) is 1.00. The number of pyridine rings is 2. The van der Waals surface area contributed by atoms with Crippen LogP contribution in [-0.2, 0) is 0 Å². The summed E-state index contributed by atoms with van der Waals surface area (Å²) in [4.78, 5) is 8.63. The van der Waals surface area contributed by atoms with Gasteiger partial charge in [0.1, 0.15) is 23.2 Å². The zero-order chi connectivity index (χ0) is 17.6. The second-order valence-electron chi connectivity index (χ2n) is 5.51. The predicted molar refractivity (Wildman–Crippen MR) is 97.8 cm³/mol. The van der Waals surface area contributed by atoms with Crippen LogP contribution in [-0.4, -0.2) is 16.6 Å². The van der Waals surface area contributed by atoms with E-state index in [1.807, 2.05) is 48.5 Å². The molecule has 5 nitrogen and oxygen atoms in total. The first-order valence-electron chi connectivity index (χ1n) is 8.08. The van der Waals surface area contributed by atoms with Gasteiger partial charge in [-0.05, 0) is 42.3 Å². The molecule has 0 aliphatic rings. The van der Waals surface area contributed by atoms with Gasteiger partial charge in [-0.1, -0.05) is 25.1 Å². The summed E-state index contributed by atoms with van der Waals surface area (Å²) in [5.41, 5.74) is 9.34. The molecule has 0 atom stereocenters. The van der Waals surface area contributed by atoms with Crippen molar-refractivity contribution in [2.75, 3.05) is 12.3 Å². The minimum atomic E-state index is 0.201. The van der Waals surface area contributed by atoms with Gasteiger partial charge in [0, 0.05) is 11.8 Å². The van der Waals surface area contributed by atoms with Crippen LogP contribution in [0, 0.1) is 11.3 Å². The first-order valence-corrected chi connectivity index (χ1v) is 8.08. The van der Waals surface area contributed by atoms with Gasteiger partial charge < -0.3 is 10.5 Å².